The number of anilines is 1. The number of halogens is 1. The number of aryl methyl sites for hydroxylation is 1. The molecule has 0 bridgehead atoms. The monoisotopic (exact) mass is 517 g/mol. The molecule has 5 rings (SSSR count). The van der Waals surface area contributed by atoms with Crippen LogP contribution in [0.5, 0.6) is 17.2 Å². The number of rotatable bonds is 7. The highest BCUT2D eigenvalue weighted by molar-refractivity contribution is 6.31. The van der Waals surface area contributed by atoms with Crippen molar-refractivity contribution < 1.29 is 23.8 Å². The van der Waals surface area contributed by atoms with Crippen LogP contribution in [0.2, 0.25) is 5.02 Å². The van der Waals surface area contributed by atoms with E-state index in [2.05, 4.69) is 5.10 Å². The summed E-state index contributed by atoms with van der Waals surface area (Å²) in [5, 5.41) is 5.06. The normalized spacial score (nSPS) is 11.9. The number of ether oxygens (including phenoxy) is 3. The molecule has 4 aromatic rings. The van der Waals surface area contributed by atoms with E-state index in [1.165, 1.54) is 6.92 Å². The van der Waals surface area contributed by atoms with Crippen LogP contribution in [0.4, 0.5) is 5.69 Å². The lowest BCUT2D eigenvalue weighted by Crippen LogP contribution is -2.26. The van der Waals surface area contributed by atoms with Gasteiger partial charge in [0.25, 0.3) is 5.91 Å². The van der Waals surface area contributed by atoms with Crippen molar-refractivity contribution in [2.45, 2.75) is 20.5 Å². The number of ketones is 1. The largest absolute Gasteiger partial charge is 0.487 e. The van der Waals surface area contributed by atoms with Gasteiger partial charge in [0, 0.05) is 29.9 Å². The zero-order chi connectivity index (χ0) is 26.1. The summed E-state index contributed by atoms with van der Waals surface area (Å²) in [6, 6.07) is 19.4. The molecule has 0 radical (unpaired) electrons. The number of carbonyl (C=O) groups is 2. The minimum absolute atomic E-state index is 0.0121. The van der Waals surface area contributed by atoms with Crippen LogP contribution < -0.4 is 19.1 Å². The third-order valence-electron chi connectivity index (χ3n) is 6.10. The Morgan fingerprint density at radius 1 is 1.03 bits per heavy atom. The Labute approximate surface area is 218 Å². The Kier molecular flexibility index (Phi) is 6.58. The first-order chi connectivity index (χ1) is 17.8. The molecule has 1 aliphatic heterocycles. The molecule has 0 saturated heterocycles. The maximum atomic E-state index is 13.3. The second-order valence-electron chi connectivity index (χ2n) is 8.58. The zero-order valence-corrected chi connectivity index (χ0v) is 21.3. The first-order valence-electron chi connectivity index (χ1n) is 11.6. The van der Waals surface area contributed by atoms with Crippen molar-refractivity contribution in [2.75, 3.05) is 18.7 Å². The lowest BCUT2D eigenvalue weighted by Gasteiger charge is -2.18. The average molecular weight is 518 g/mol. The molecular formula is C28H24ClN3O5. The number of carbonyl (C=O) groups excluding carboxylic acids is 2. The molecule has 0 N–H and O–H groups in total. The van der Waals surface area contributed by atoms with Crippen LogP contribution in [-0.2, 0) is 6.61 Å². The van der Waals surface area contributed by atoms with Crippen LogP contribution in [0.15, 0.2) is 66.7 Å². The van der Waals surface area contributed by atoms with Crippen molar-refractivity contribution in [1.29, 1.82) is 0 Å². The minimum atomic E-state index is -0.195. The minimum Gasteiger partial charge on any atom is -0.487 e. The van der Waals surface area contributed by atoms with E-state index in [0.29, 0.717) is 56.2 Å². The van der Waals surface area contributed by atoms with Gasteiger partial charge in [0.2, 0.25) is 6.79 Å². The van der Waals surface area contributed by atoms with Gasteiger partial charge in [-0.15, -0.1) is 0 Å². The SMILES string of the molecule is CC(=O)c1ccc(OCc2c(Cl)c(C)nn2-c2cccc(C(=O)N(C)c3ccc4c(c3)OCO4)c2)cc1. The van der Waals surface area contributed by atoms with Gasteiger partial charge in [0.1, 0.15) is 18.1 Å². The molecule has 3 aromatic carbocycles. The molecule has 37 heavy (non-hydrogen) atoms. The maximum Gasteiger partial charge on any atom is 0.258 e. The Morgan fingerprint density at radius 3 is 2.54 bits per heavy atom. The van der Waals surface area contributed by atoms with Gasteiger partial charge >= 0.3 is 0 Å². The Morgan fingerprint density at radius 2 is 1.78 bits per heavy atom. The van der Waals surface area contributed by atoms with Gasteiger partial charge in [0.05, 0.1) is 16.4 Å². The highest BCUT2D eigenvalue weighted by Crippen LogP contribution is 2.35. The van der Waals surface area contributed by atoms with Crippen molar-refractivity contribution in [2.24, 2.45) is 0 Å². The summed E-state index contributed by atoms with van der Waals surface area (Å²) in [5.41, 5.74) is 3.73. The van der Waals surface area contributed by atoms with Crippen molar-refractivity contribution >= 4 is 29.0 Å². The van der Waals surface area contributed by atoms with Gasteiger partial charge in [-0.05, 0) is 68.4 Å². The Balaban J connectivity index is 1.39. The van der Waals surface area contributed by atoms with E-state index >= 15 is 0 Å². The highest BCUT2D eigenvalue weighted by atomic mass is 35.5. The van der Waals surface area contributed by atoms with E-state index < -0.39 is 0 Å². The first kappa shape index (κ1) is 24.4. The van der Waals surface area contributed by atoms with Gasteiger partial charge in [-0.1, -0.05) is 17.7 Å². The number of hydrogen-bond acceptors (Lipinski definition) is 6. The van der Waals surface area contributed by atoms with Crippen molar-refractivity contribution in [3.63, 3.8) is 0 Å². The highest BCUT2D eigenvalue weighted by Gasteiger charge is 2.21. The average Bonchev–Trinajstić information content (AvgIpc) is 3.50. The Hall–Kier alpha value is -4.30. The third kappa shape index (κ3) is 4.88. The van der Waals surface area contributed by atoms with Crippen molar-refractivity contribution in [3.8, 4) is 22.9 Å². The molecule has 188 valence electrons. The van der Waals surface area contributed by atoms with Gasteiger partial charge in [-0.2, -0.15) is 5.10 Å². The van der Waals surface area contributed by atoms with Crippen molar-refractivity contribution in [3.05, 3.63) is 94.3 Å². The number of benzene rings is 3. The molecule has 9 heteroatoms. The predicted molar refractivity (Wildman–Crippen MR) is 139 cm³/mol. The summed E-state index contributed by atoms with van der Waals surface area (Å²) in [6.45, 7) is 3.64. The smallest absolute Gasteiger partial charge is 0.258 e. The molecule has 0 aliphatic carbocycles. The van der Waals surface area contributed by atoms with E-state index in [4.69, 9.17) is 25.8 Å². The third-order valence-corrected chi connectivity index (χ3v) is 6.59. The fourth-order valence-corrected chi connectivity index (χ4v) is 4.18. The molecular weight excluding hydrogens is 494 g/mol. The quantitative estimate of drug-likeness (QED) is 0.296. The fourth-order valence-electron chi connectivity index (χ4n) is 4.01. The van der Waals surface area contributed by atoms with E-state index in [9.17, 15) is 9.59 Å². The molecule has 0 spiro atoms. The van der Waals surface area contributed by atoms with Crippen LogP contribution in [0.25, 0.3) is 5.69 Å². The lowest BCUT2D eigenvalue weighted by atomic mass is 10.1. The number of aromatic nitrogens is 2. The van der Waals surface area contributed by atoms with Crippen LogP contribution in [0.1, 0.15) is 39.0 Å². The first-order valence-corrected chi connectivity index (χ1v) is 12.0. The number of fused-ring (bicyclic) bond motifs is 1. The van der Waals surface area contributed by atoms with E-state index in [-0.39, 0.29) is 25.1 Å². The standard InChI is InChI=1S/C28H24ClN3O5/c1-17-27(29)24(15-35-23-10-7-19(8-11-23)18(2)33)32(30-17)22-6-4-5-20(13-22)28(34)31(3)21-9-12-25-26(14-21)37-16-36-25/h4-14H,15-16H2,1-3H3. The van der Waals surface area contributed by atoms with E-state index in [1.807, 2.05) is 19.1 Å². The van der Waals surface area contributed by atoms with Crippen LogP contribution in [0, 0.1) is 6.92 Å². The van der Waals surface area contributed by atoms with Crippen LogP contribution in [0.3, 0.4) is 0 Å². The maximum absolute atomic E-state index is 13.3. The van der Waals surface area contributed by atoms with Gasteiger partial charge in [-0.3, -0.25) is 9.59 Å². The molecule has 8 nitrogen and oxygen atoms in total. The fraction of sp³-hybridized carbons (Fsp3) is 0.179. The molecule has 0 unspecified atom stereocenters. The summed E-state index contributed by atoms with van der Waals surface area (Å²) >= 11 is 6.57. The molecule has 1 aliphatic rings. The number of nitrogens with zero attached hydrogens (tertiary/aromatic N) is 3. The number of hydrogen-bond donors (Lipinski definition) is 0. The topological polar surface area (TPSA) is 82.9 Å². The van der Waals surface area contributed by atoms with Gasteiger partial charge in [0.15, 0.2) is 17.3 Å². The van der Waals surface area contributed by atoms with Crippen LogP contribution >= 0.6 is 11.6 Å². The summed E-state index contributed by atoms with van der Waals surface area (Å²) in [5.74, 6) is 1.65. The van der Waals surface area contributed by atoms with Gasteiger partial charge < -0.3 is 19.1 Å². The van der Waals surface area contributed by atoms with E-state index in [1.54, 1.807) is 71.2 Å². The Bertz CT molecular complexity index is 1500. The summed E-state index contributed by atoms with van der Waals surface area (Å²) < 4.78 is 18.4. The number of amides is 1. The number of Topliss-reactive ketones (excluding diaryl/α,β-unsaturated/α-hetero) is 1. The molecule has 1 amide bonds. The summed E-state index contributed by atoms with van der Waals surface area (Å²) in [6.07, 6.45) is 0. The lowest BCUT2D eigenvalue weighted by molar-refractivity contribution is 0.0990. The molecule has 0 atom stereocenters. The zero-order valence-electron chi connectivity index (χ0n) is 20.5. The van der Waals surface area contributed by atoms with Gasteiger partial charge in [-0.25, -0.2) is 4.68 Å². The molecule has 0 saturated carbocycles. The molecule has 1 aromatic heterocycles. The molecule has 2 heterocycles. The second kappa shape index (κ2) is 9.99. The van der Waals surface area contributed by atoms with Crippen molar-refractivity contribution in [1.82, 2.24) is 9.78 Å². The summed E-state index contributed by atoms with van der Waals surface area (Å²) in [7, 11) is 1.71. The van der Waals surface area contributed by atoms with E-state index in [0.717, 1.165) is 0 Å². The van der Waals surface area contributed by atoms with Crippen LogP contribution in [-0.4, -0.2) is 35.3 Å². The molecule has 0 fully saturated rings. The predicted octanol–water partition coefficient (Wildman–Crippen LogP) is 5.62. The summed E-state index contributed by atoms with van der Waals surface area (Å²) in [4.78, 5) is 26.4. The second-order valence-corrected chi connectivity index (χ2v) is 8.96.